The largest absolute Gasteiger partial charge is 0.381 e. The summed E-state index contributed by atoms with van der Waals surface area (Å²) in [6.45, 7) is 5.20. The Hall–Kier alpha value is -1.88. The van der Waals surface area contributed by atoms with Gasteiger partial charge in [-0.15, -0.1) is 0 Å². The zero-order valence-electron chi connectivity index (χ0n) is 12.6. The summed E-state index contributed by atoms with van der Waals surface area (Å²) in [7, 11) is 0. The minimum atomic E-state index is -0.205. The maximum atomic E-state index is 11.9. The summed E-state index contributed by atoms with van der Waals surface area (Å²) in [5.74, 6) is -0.300. The Morgan fingerprint density at radius 3 is 2.67 bits per heavy atom. The molecule has 0 aromatic heterocycles. The molecule has 1 aromatic rings. The highest BCUT2D eigenvalue weighted by Gasteiger charge is 2.21. The van der Waals surface area contributed by atoms with E-state index in [1.165, 1.54) is 0 Å². The van der Waals surface area contributed by atoms with E-state index in [0.29, 0.717) is 13.2 Å². The van der Waals surface area contributed by atoms with E-state index >= 15 is 0 Å². The molecule has 1 fully saturated rings. The van der Waals surface area contributed by atoms with Crippen molar-refractivity contribution in [3.8, 4) is 0 Å². The molecule has 0 radical (unpaired) electrons. The van der Waals surface area contributed by atoms with Crippen LogP contribution in [0.2, 0.25) is 0 Å². The zero-order valence-corrected chi connectivity index (χ0v) is 12.6. The molecule has 1 saturated heterocycles. The number of benzene rings is 1. The molecule has 5 nitrogen and oxygen atoms in total. The molecule has 2 rings (SSSR count). The molecule has 0 unspecified atom stereocenters. The third-order valence-corrected chi connectivity index (χ3v) is 3.89. The average molecular weight is 290 g/mol. The first kappa shape index (κ1) is 15.5. The van der Waals surface area contributed by atoms with Gasteiger partial charge in [-0.05, 0) is 43.9 Å². The zero-order chi connectivity index (χ0) is 15.2. The molecule has 0 atom stereocenters. The number of hydrogen-bond donors (Lipinski definition) is 2. The van der Waals surface area contributed by atoms with Crippen molar-refractivity contribution in [3.05, 3.63) is 29.3 Å². The molecule has 1 aliphatic heterocycles. The van der Waals surface area contributed by atoms with Gasteiger partial charge in [-0.1, -0.05) is 12.1 Å². The quantitative estimate of drug-likeness (QED) is 0.888. The number of aryl methyl sites for hydroxylation is 1. The number of rotatable bonds is 4. The smallest absolute Gasteiger partial charge is 0.243 e. The van der Waals surface area contributed by atoms with Crippen LogP contribution in [0.15, 0.2) is 18.2 Å². The van der Waals surface area contributed by atoms with E-state index in [1.54, 1.807) is 0 Å². The molecule has 0 saturated carbocycles. The molecule has 21 heavy (non-hydrogen) atoms. The van der Waals surface area contributed by atoms with Crippen LogP contribution < -0.4 is 10.6 Å². The van der Waals surface area contributed by atoms with E-state index in [9.17, 15) is 9.59 Å². The third-order valence-electron chi connectivity index (χ3n) is 3.89. The molecule has 114 valence electrons. The molecule has 2 amide bonds. The van der Waals surface area contributed by atoms with E-state index in [1.807, 2.05) is 32.0 Å². The lowest BCUT2D eigenvalue weighted by atomic mass is 9.99. The van der Waals surface area contributed by atoms with E-state index in [-0.39, 0.29) is 24.3 Å². The number of nitrogens with one attached hydrogen (secondary N) is 2. The van der Waals surface area contributed by atoms with Gasteiger partial charge in [0.05, 0.1) is 6.54 Å². The predicted octanol–water partition coefficient (Wildman–Crippen LogP) is 1.78. The molecule has 1 aliphatic rings. The van der Waals surface area contributed by atoms with E-state index in [2.05, 4.69) is 10.6 Å². The fraction of sp³-hybridized carbons (Fsp3) is 0.500. The van der Waals surface area contributed by atoms with Crippen molar-refractivity contribution in [2.75, 3.05) is 25.1 Å². The number of carbonyl (C=O) groups is 2. The Labute approximate surface area is 125 Å². The number of amides is 2. The van der Waals surface area contributed by atoms with Gasteiger partial charge >= 0.3 is 0 Å². The number of anilines is 1. The predicted molar refractivity (Wildman–Crippen MR) is 81.1 cm³/mol. The van der Waals surface area contributed by atoms with E-state index in [4.69, 9.17) is 4.74 Å². The summed E-state index contributed by atoms with van der Waals surface area (Å²) in [6.07, 6.45) is 1.45. The van der Waals surface area contributed by atoms with Crippen LogP contribution in [0.3, 0.4) is 0 Å². The van der Waals surface area contributed by atoms with Gasteiger partial charge in [-0.25, -0.2) is 0 Å². The monoisotopic (exact) mass is 290 g/mol. The second-order valence-corrected chi connectivity index (χ2v) is 5.40. The van der Waals surface area contributed by atoms with Gasteiger partial charge < -0.3 is 15.4 Å². The molecule has 0 bridgehead atoms. The lowest BCUT2D eigenvalue weighted by Gasteiger charge is -2.21. The van der Waals surface area contributed by atoms with Crippen molar-refractivity contribution >= 4 is 17.5 Å². The van der Waals surface area contributed by atoms with Crippen molar-refractivity contribution in [1.82, 2.24) is 5.32 Å². The van der Waals surface area contributed by atoms with Crippen molar-refractivity contribution < 1.29 is 14.3 Å². The lowest BCUT2D eigenvalue weighted by Crippen LogP contribution is -2.38. The maximum absolute atomic E-state index is 11.9. The SMILES string of the molecule is Cc1cccc(NC(=O)CNC(=O)C2CCOCC2)c1C. The Morgan fingerprint density at radius 1 is 1.24 bits per heavy atom. The molecule has 1 aromatic carbocycles. The number of ether oxygens (including phenoxy) is 1. The normalized spacial score (nSPS) is 15.5. The molecule has 0 spiro atoms. The summed E-state index contributed by atoms with van der Waals surface area (Å²) in [6, 6.07) is 5.76. The van der Waals surface area contributed by atoms with Gasteiger partial charge in [0.2, 0.25) is 11.8 Å². The van der Waals surface area contributed by atoms with Crippen LogP contribution in [0.25, 0.3) is 0 Å². The molecular formula is C16H22N2O3. The van der Waals surface area contributed by atoms with Gasteiger partial charge in [-0.3, -0.25) is 9.59 Å². The fourth-order valence-electron chi connectivity index (χ4n) is 2.35. The fourth-order valence-corrected chi connectivity index (χ4v) is 2.35. The number of hydrogen-bond acceptors (Lipinski definition) is 3. The van der Waals surface area contributed by atoms with Crippen LogP contribution in [0.5, 0.6) is 0 Å². The van der Waals surface area contributed by atoms with E-state index in [0.717, 1.165) is 29.7 Å². The van der Waals surface area contributed by atoms with Crippen LogP contribution in [-0.2, 0) is 14.3 Å². The molecule has 1 heterocycles. The Morgan fingerprint density at radius 2 is 1.95 bits per heavy atom. The Balaban J connectivity index is 1.81. The standard InChI is InChI=1S/C16H22N2O3/c1-11-4-3-5-14(12(11)2)18-15(19)10-17-16(20)13-6-8-21-9-7-13/h3-5,13H,6-10H2,1-2H3,(H,17,20)(H,18,19). The first-order valence-corrected chi connectivity index (χ1v) is 7.29. The first-order valence-electron chi connectivity index (χ1n) is 7.29. The van der Waals surface area contributed by atoms with Crippen LogP contribution in [0.1, 0.15) is 24.0 Å². The van der Waals surface area contributed by atoms with Crippen molar-refractivity contribution in [2.24, 2.45) is 5.92 Å². The van der Waals surface area contributed by atoms with Gasteiger partial charge in [0.25, 0.3) is 0 Å². The highest BCUT2D eigenvalue weighted by molar-refractivity contribution is 5.95. The minimum absolute atomic E-state index is 0.00354. The Bertz CT molecular complexity index is 522. The summed E-state index contributed by atoms with van der Waals surface area (Å²) in [5, 5.41) is 5.53. The van der Waals surface area contributed by atoms with Crippen molar-refractivity contribution in [1.29, 1.82) is 0 Å². The average Bonchev–Trinajstić information content (AvgIpc) is 2.50. The van der Waals surface area contributed by atoms with E-state index < -0.39 is 0 Å². The van der Waals surface area contributed by atoms with Crippen LogP contribution in [0.4, 0.5) is 5.69 Å². The van der Waals surface area contributed by atoms with Crippen LogP contribution in [0, 0.1) is 19.8 Å². The van der Waals surface area contributed by atoms with Crippen molar-refractivity contribution in [2.45, 2.75) is 26.7 Å². The second kappa shape index (κ2) is 7.22. The molecule has 2 N–H and O–H groups in total. The summed E-state index contributed by atoms with van der Waals surface area (Å²) in [4.78, 5) is 23.8. The van der Waals surface area contributed by atoms with Gasteiger partial charge in [-0.2, -0.15) is 0 Å². The third kappa shape index (κ3) is 4.29. The summed E-state index contributed by atoms with van der Waals surface area (Å²) >= 11 is 0. The highest BCUT2D eigenvalue weighted by atomic mass is 16.5. The van der Waals surface area contributed by atoms with Crippen LogP contribution >= 0.6 is 0 Å². The van der Waals surface area contributed by atoms with Gasteiger partial charge in [0.1, 0.15) is 0 Å². The van der Waals surface area contributed by atoms with Crippen LogP contribution in [-0.4, -0.2) is 31.6 Å². The lowest BCUT2D eigenvalue weighted by molar-refractivity contribution is -0.129. The maximum Gasteiger partial charge on any atom is 0.243 e. The second-order valence-electron chi connectivity index (χ2n) is 5.40. The van der Waals surface area contributed by atoms with Crippen molar-refractivity contribution in [3.63, 3.8) is 0 Å². The summed E-state index contributed by atoms with van der Waals surface area (Å²) in [5.41, 5.74) is 2.96. The first-order chi connectivity index (χ1) is 10.1. The highest BCUT2D eigenvalue weighted by Crippen LogP contribution is 2.18. The molecule has 5 heteroatoms. The molecule has 0 aliphatic carbocycles. The minimum Gasteiger partial charge on any atom is -0.381 e. The summed E-state index contributed by atoms with van der Waals surface area (Å²) < 4.78 is 5.22. The Kier molecular flexibility index (Phi) is 5.33. The molecular weight excluding hydrogens is 268 g/mol. The number of carbonyl (C=O) groups excluding carboxylic acids is 2. The topological polar surface area (TPSA) is 67.4 Å². The van der Waals surface area contributed by atoms with Gasteiger partial charge in [0.15, 0.2) is 0 Å². The van der Waals surface area contributed by atoms with Gasteiger partial charge in [0, 0.05) is 24.8 Å².